The fraction of sp³-hybridized carbons (Fsp3) is 1.00. The van der Waals surface area contributed by atoms with Crippen molar-refractivity contribution < 1.29 is 4.74 Å². The Labute approximate surface area is 100 Å². The molecule has 0 bridgehead atoms. The van der Waals surface area contributed by atoms with Gasteiger partial charge in [0.15, 0.2) is 0 Å². The number of hydrogen-bond acceptors (Lipinski definition) is 2. The third kappa shape index (κ3) is 2.28. The van der Waals surface area contributed by atoms with Crippen LogP contribution in [-0.2, 0) is 4.74 Å². The highest BCUT2D eigenvalue weighted by atomic mass is 16.5. The Hall–Kier alpha value is -0.0800. The Kier molecular flexibility index (Phi) is 3.91. The van der Waals surface area contributed by atoms with E-state index < -0.39 is 0 Å². The van der Waals surface area contributed by atoms with Crippen LogP contribution in [-0.4, -0.2) is 24.3 Å². The first-order valence-corrected chi connectivity index (χ1v) is 7.14. The van der Waals surface area contributed by atoms with Crippen LogP contribution >= 0.6 is 0 Å². The molecule has 0 spiro atoms. The highest BCUT2D eigenvalue weighted by Gasteiger charge is 2.41. The fourth-order valence-electron chi connectivity index (χ4n) is 3.30. The zero-order valence-electron chi connectivity index (χ0n) is 11.1. The maximum absolute atomic E-state index is 6.41. The van der Waals surface area contributed by atoms with Crippen LogP contribution in [0.15, 0.2) is 0 Å². The van der Waals surface area contributed by atoms with E-state index in [1.165, 1.54) is 25.7 Å². The Bertz CT molecular complexity index is 225. The van der Waals surface area contributed by atoms with Crippen molar-refractivity contribution in [3.8, 4) is 0 Å². The lowest BCUT2D eigenvalue weighted by atomic mass is 9.80. The first-order valence-electron chi connectivity index (χ1n) is 7.14. The number of hydrogen-bond donors (Lipinski definition) is 1. The molecule has 0 amide bonds. The summed E-state index contributed by atoms with van der Waals surface area (Å²) in [5.74, 6) is 0.924. The summed E-state index contributed by atoms with van der Waals surface area (Å²) in [4.78, 5) is 0. The van der Waals surface area contributed by atoms with Crippen LogP contribution in [0.4, 0.5) is 0 Å². The average Bonchev–Trinajstić information content (AvgIpc) is 2.37. The molecule has 1 N–H and O–H groups in total. The molecule has 2 rings (SSSR count). The van der Waals surface area contributed by atoms with Crippen LogP contribution < -0.4 is 5.32 Å². The van der Waals surface area contributed by atoms with Crippen molar-refractivity contribution in [2.24, 2.45) is 5.92 Å². The third-order valence-corrected chi connectivity index (χ3v) is 4.85. The van der Waals surface area contributed by atoms with Gasteiger partial charge in [0.05, 0.1) is 11.7 Å². The standard InChI is InChI=1S/C14H27NO/c1-4-11-7-8-13-12(9-11)15-10-14(5-2,6-3)16-13/h11-13,15H,4-10H2,1-3H3. The van der Waals surface area contributed by atoms with E-state index in [4.69, 9.17) is 4.74 Å². The second-order valence-electron chi connectivity index (χ2n) is 5.62. The van der Waals surface area contributed by atoms with E-state index in [0.717, 1.165) is 25.3 Å². The molecule has 94 valence electrons. The highest BCUT2D eigenvalue weighted by Crippen LogP contribution is 2.36. The predicted octanol–water partition coefficient (Wildman–Crippen LogP) is 3.11. The van der Waals surface area contributed by atoms with Crippen molar-refractivity contribution in [2.75, 3.05) is 6.54 Å². The van der Waals surface area contributed by atoms with E-state index in [0.29, 0.717) is 12.1 Å². The van der Waals surface area contributed by atoms with Gasteiger partial charge in [-0.15, -0.1) is 0 Å². The van der Waals surface area contributed by atoms with Crippen LogP contribution in [0.1, 0.15) is 59.3 Å². The smallest absolute Gasteiger partial charge is 0.0805 e. The lowest BCUT2D eigenvalue weighted by Gasteiger charge is -2.48. The normalized spacial score (nSPS) is 38.1. The van der Waals surface area contributed by atoms with Gasteiger partial charge in [0, 0.05) is 12.6 Å². The van der Waals surface area contributed by atoms with Crippen molar-refractivity contribution in [1.82, 2.24) is 5.32 Å². The lowest BCUT2D eigenvalue weighted by molar-refractivity contribution is -0.153. The molecular weight excluding hydrogens is 198 g/mol. The molecule has 2 fully saturated rings. The van der Waals surface area contributed by atoms with Gasteiger partial charge in [-0.2, -0.15) is 0 Å². The molecule has 3 atom stereocenters. The summed E-state index contributed by atoms with van der Waals surface area (Å²) < 4.78 is 6.41. The number of fused-ring (bicyclic) bond motifs is 1. The van der Waals surface area contributed by atoms with E-state index in [-0.39, 0.29) is 5.60 Å². The Morgan fingerprint density at radius 3 is 2.56 bits per heavy atom. The zero-order chi connectivity index (χ0) is 11.6. The van der Waals surface area contributed by atoms with E-state index >= 15 is 0 Å². The third-order valence-electron chi connectivity index (χ3n) is 4.85. The van der Waals surface area contributed by atoms with Crippen molar-refractivity contribution >= 4 is 0 Å². The van der Waals surface area contributed by atoms with Crippen molar-refractivity contribution in [3.05, 3.63) is 0 Å². The molecule has 1 heterocycles. The lowest BCUT2D eigenvalue weighted by Crippen LogP contribution is -2.60. The minimum Gasteiger partial charge on any atom is -0.369 e. The van der Waals surface area contributed by atoms with Gasteiger partial charge < -0.3 is 10.1 Å². The molecule has 0 aromatic heterocycles. The van der Waals surface area contributed by atoms with Crippen LogP contribution in [0.5, 0.6) is 0 Å². The summed E-state index contributed by atoms with van der Waals surface area (Å²) >= 11 is 0. The number of morpholine rings is 1. The van der Waals surface area contributed by atoms with Crippen molar-refractivity contribution in [3.63, 3.8) is 0 Å². The topological polar surface area (TPSA) is 21.3 Å². The molecule has 2 nitrogen and oxygen atoms in total. The molecule has 2 aliphatic rings. The molecule has 16 heavy (non-hydrogen) atoms. The number of ether oxygens (including phenoxy) is 1. The monoisotopic (exact) mass is 225 g/mol. The van der Waals surface area contributed by atoms with E-state index in [9.17, 15) is 0 Å². The minimum atomic E-state index is 0.125. The van der Waals surface area contributed by atoms with Crippen LogP contribution in [0, 0.1) is 5.92 Å². The molecule has 1 saturated heterocycles. The average molecular weight is 225 g/mol. The van der Waals surface area contributed by atoms with Gasteiger partial charge in [0.25, 0.3) is 0 Å². The summed E-state index contributed by atoms with van der Waals surface area (Å²) in [5, 5.41) is 3.75. The molecular formula is C14H27NO. The minimum absolute atomic E-state index is 0.125. The second-order valence-corrected chi connectivity index (χ2v) is 5.62. The summed E-state index contributed by atoms with van der Waals surface area (Å²) in [5.41, 5.74) is 0.125. The van der Waals surface area contributed by atoms with E-state index in [1.54, 1.807) is 0 Å². The Balaban J connectivity index is 1.97. The molecule has 0 aromatic rings. The quantitative estimate of drug-likeness (QED) is 0.797. The summed E-state index contributed by atoms with van der Waals surface area (Å²) in [7, 11) is 0. The summed E-state index contributed by atoms with van der Waals surface area (Å²) in [6.07, 6.45) is 8.04. The first-order chi connectivity index (χ1) is 7.73. The Morgan fingerprint density at radius 1 is 1.19 bits per heavy atom. The molecule has 3 unspecified atom stereocenters. The predicted molar refractivity (Wildman–Crippen MR) is 67.6 cm³/mol. The molecule has 0 aromatic carbocycles. The largest absolute Gasteiger partial charge is 0.369 e. The van der Waals surface area contributed by atoms with Crippen molar-refractivity contribution in [1.29, 1.82) is 0 Å². The van der Waals surface area contributed by atoms with Gasteiger partial charge in [-0.05, 0) is 38.0 Å². The maximum atomic E-state index is 6.41. The number of nitrogens with one attached hydrogen (secondary N) is 1. The van der Waals surface area contributed by atoms with Gasteiger partial charge in [0.1, 0.15) is 0 Å². The number of rotatable bonds is 3. The van der Waals surface area contributed by atoms with Gasteiger partial charge in [-0.25, -0.2) is 0 Å². The molecule has 1 aliphatic carbocycles. The maximum Gasteiger partial charge on any atom is 0.0805 e. The van der Waals surface area contributed by atoms with Crippen LogP contribution in [0.2, 0.25) is 0 Å². The first kappa shape index (κ1) is 12.4. The molecule has 2 heteroatoms. The zero-order valence-corrected chi connectivity index (χ0v) is 11.1. The van der Waals surface area contributed by atoms with Gasteiger partial charge in [-0.1, -0.05) is 27.2 Å². The van der Waals surface area contributed by atoms with Crippen molar-refractivity contribution in [2.45, 2.75) is 77.0 Å². The second kappa shape index (κ2) is 5.05. The van der Waals surface area contributed by atoms with Crippen LogP contribution in [0.25, 0.3) is 0 Å². The van der Waals surface area contributed by atoms with E-state index in [1.807, 2.05) is 0 Å². The Morgan fingerprint density at radius 2 is 1.94 bits per heavy atom. The van der Waals surface area contributed by atoms with Gasteiger partial charge in [0.2, 0.25) is 0 Å². The van der Waals surface area contributed by atoms with Gasteiger partial charge >= 0.3 is 0 Å². The molecule has 1 aliphatic heterocycles. The SMILES string of the molecule is CCC1CCC2OC(CC)(CC)CNC2C1. The van der Waals surface area contributed by atoms with Gasteiger partial charge in [-0.3, -0.25) is 0 Å². The fourth-order valence-corrected chi connectivity index (χ4v) is 3.30. The molecule has 0 radical (unpaired) electrons. The van der Waals surface area contributed by atoms with E-state index in [2.05, 4.69) is 26.1 Å². The molecule has 1 saturated carbocycles. The van der Waals surface area contributed by atoms with Crippen LogP contribution in [0.3, 0.4) is 0 Å². The summed E-state index contributed by atoms with van der Waals surface area (Å²) in [6.45, 7) is 7.88. The highest BCUT2D eigenvalue weighted by molar-refractivity contribution is 4.95. The summed E-state index contributed by atoms with van der Waals surface area (Å²) in [6, 6.07) is 0.630.